The number of hydrogen-bond acceptors (Lipinski definition) is 4. The van der Waals surface area contributed by atoms with Crippen LogP contribution < -0.4 is 9.62 Å². The van der Waals surface area contributed by atoms with Gasteiger partial charge in [0.15, 0.2) is 0 Å². The molecular weight excluding hydrogens is 517 g/mol. The van der Waals surface area contributed by atoms with Crippen LogP contribution in [0.25, 0.3) is 0 Å². The number of para-hydroxylation sites is 1. The second-order valence-electron chi connectivity index (χ2n) is 7.19. The first kappa shape index (κ1) is 22.5. The molecule has 0 unspecified atom stereocenters. The maximum absolute atomic E-state index is 12.9. The lowest BCUT2D eigenvalue weighted by Crippen LogP contribution is -2.38. The first-order chi connectivity index (χ1) is 14.3. The van der Waals surface area contributed by atoms with Gasteiger partial charge in [-0.15, -0.1) is 0 Å². The molecule has 1 aliphatic rings. The Bertz CT molecular complexity index is 1020. The van der Waals surface area contributed by atoms with E-state index >= 15 is 0 Å². The lowest BCUT2D eigenvalue weighted by molar-refractivity contribution is -0.114. The van der Waals surface area contributed by atoms with E-state index in [1.807, 2.05) is 0 Å². The third kappa shape index (κ3) is 5.72. The molecule has 0 aliphatic carbocycles. The Morgan fingerprint density at radius 3 is 2.30 bits per heavy atom. The van der Waals surface area contributed by atoms with Crippen molar-refractivity contribution in [1.29, 1.82) is 0 Å². The predicted molar refractivity (Wildman–Crippen MR) is 126 cm³/mol. The van der Waals surface area contributed by atoms with Gasteiger partial charge in [-0.2, -0.15) is 0 Å². The number of hydrogen-bond donors (Lipinski definition) is 1. The lowest BCUT2D eigenvalue weighted by atomic mass is 10.1. The molecule has 9 heteroatoms. The van der Waals surface area contributed by atoms with Crippen LogP contribution in [0.15, 0.2) is 48.5 Å². The van der Waals surface area contributed by atoms with E-state index in [0.717, 1.165) is 33.4 Å². The summed E-state index contributed by atoms with van der Waals surface area (Å²) >= 11 is 2.13. The molecule has 2 aromatic carbocycles. The molecule has 0 atom stereocenters. The van der Waals surface area contributed by atoms with Crippen molar-refractivity contribution in [3.8, 4) is 0 Å². The average Bonchev–Trinajstić information content (AvgIpc) is 2.72. The summed E-state index contributed by atoms with van der Waals surface area (Å²) in [6.07, 6.45) is 4.12. The summed E-state index contributed by atoms with van der Waals surface area (Å²) in [6, 6.07) is 13.7. The highest BCUT2D eigenvalue weighted by Crippen LogP contribution is 2.22. The molecule has 2 amide bonds. The van der Waals surface area contributed by atoms with Gasteiger partial charge in [0.05, 0.1) is 23.2 Å². The highest BCUT2D eigenvalue weighted by molar-refractivity contribution is 14.1. The fourth-order valence-corrected chi connectivity index (χ4v) is 4.59. The zero-order valence-electron chi connectivity index (χ0n) is 16.7. The van der Waals surface area contributed by atoms with Crippen LogP contribution >= 0.6 is 22.6 Å². The molecule has 30 heavy (non-hydrogen) atoms. The molecule has 1 saturated heterocycles. The fraction of sp³-hybridized carbons (Fsp3) is 0.333. The van der Waals surface area contributed by atoms with Crippen molar-refractivity contribution < 1.29 is 18.0 Å². The van der Waals surface area contributed by atoms with E-state index < -0.39 is 15.9 Å². The molecule has 2 aromatic rings. The topological polar surface area (TPSA) is 86.8 Å². The zero-order chi connectivity index (χ0) is 21.7. The van der Waals surface area contributed by atoms with Crippen LogP contribution in [-0.2, 0) is 14.8 Å². The molecule has 0 spiro atoms. The number of benzene rings is 2. The van der Waals surface area contributed by atoms with Gasteiger partial charge in [0.2, 0.25) is 15.9 Å². The average molecular weight is 541 g/mol. The molecule has 0 bridgehead atoms. The van der Waals surface area contributed by atoms with E-state index in [1.54, 1.807) is 53.4 Å². The van der Waals surface area contributed by atoms with Crippen LogP contribution in [0, 0.1) is 3.57 Å². The number of sulfonamides is 1. The maximum Gasteiger partial charge on any atom is 0.255 e. The second kappa shape index (κ2) is 9.78. The Balaban J connectivity index is 1.78. The van der Waals surface area contributed by atoms with E-state index in [9.17, 15) is 18.0 Å². The molecule has 7 nitrogen and oxygen atoms in total. The quantitative estimate of drug-likeness (QED) is 0.569. The number of nitrogens with zero attached hydrogens (tertiary/aromatic N) is 2. The molecule has 1 aliphatic heterocycles. The minimum absolute atomic E-state index is 0.122. The van der Waals surface area contributed by atoms with Gasteiger partial charge in [0, 0.05) is 16.7 Å². The van der Waals surface area contributed by atoms with Crippen LogP contribution in [0.4, 0.5) is 11.4 Å². The summed E-state index contributed by atoms with van der Waals surface area (Å²) in [4.78, 5) is 27.4. The summed E-state index contributed by atoms with van der Waals surface area (Å²) < 4.78 is 26.5. The first-order valence-corrected chi connectivity index (χ1v) is 12.6. The molecule has 0 aromatic heterocycles. The van der Waals surface area contributed by atoms with Crippen LogP contribution in [0.1, 0.15) is 29.6 Å². The molecule has 160 valence electrons. The van der Waals surface area contributed by atoms with E-state index in [0.29, 0.717) is 30.0 Å². The molecule has 1 heterocycles. The fourth-order valence-electron chi connectivity index (χ4n) is 3.37. The minimum atomic E-state index is -3.67. The van der Waals surface area contributed by atoms with Crippen molar-refractivity contribution in [3.05, 3.63) is 57.7 Å². The van der Waals surface area contributed by atoms with Gasteiger partial charge in [0.25, 0.3) is 5.91 Å². The molecule has 0 radical (unpaired) electrons. The number of carbonyl (C=O) groups is 2. The van der Waals surface area contributed by atoms with Crippen LogP contribution in [-0.4, -0.2) is 51.0 Å². The Morgan fingerprint density at radius 2 is 1.67 bits per heavy atom. The van der Waals surface area contributed by atoms with E-state index in [-0.39, 0.29) is 12.5 Å². The Labute approximate surface area is 190 Å². The molecule has 1 fully saturated rings. The van der Waals surface area contributed by atoms with Crippen LogP contribution in [0.3, 0.4) is 0 Å². The normalized spacial score (nSPS) is 14.3. The van der Waals surface area contributed by atoms with Crippen molar-refractivity contribution in [2.45, 2.75) is 19.3 Å². The van der Waals surface area contributed by atoms with Crippen molar-refractivity contribution in [2.75, 3.05) is 35.5 Å². The van der Waals surface area contributed by atoms with Crippen molar-refractivity contribution in [1.82, 2.24) is 4.90 Å². The van der Waals surface area contributed by atoms with Gasteiger partial charge in [-0.25, -0.2) is 8.42 Å². The second-order valence-corrected chi connectivity index (χ2v) is 10.3. The lowest BCUT2D eigenvalue weighted by Gasteiger charge is -2.27. The number of halogens is 1. The highest BCUT2D eigenvalue weighted by atomic mass is 127. The van der Waals surface area contributed by atoms with Gasteiger partial charge in [-0.3, -0.25) is 13.9 Å². The third-order valence-corrected chi connectivity index (χ3v) is 6.74. The number of rotatable bonds is 6. The van der Waals surface area contributed by atoms with Crippen molar-refractivity contribution in [2.24, 2.45) is 0 Å². The van der Waals surface area contributed by atoms with Gasteiger partial charge in [0.1, 0.15) is 6.54 Å². The SMILES string of the molecule is CS(=O)(=O)N(CC(=O)Nc1ccccc1C(=O)N1CCCCC1)c1ccc(I)cc1. The van der Waals surface area contributed by atoms with Crippen LogP contribution in [0.5, 0.6) is 0 Å². The number of piperidine rings is 1. The monoisotopic (exact) mass is 541 g/mol. The molecule has 3 rings (SSSR count). The molecule has 1 N–H and O–H groups in total. The minimum Gasteiger partial charge on any atom is -0.339 e. The first-order valence-electron chi connectivity index (χ1n) is 9.67. The largest absolute Gasteiger partial charge is 0.339 e. The molecule has 0 saturated carbocycles. The Kier molecular flexibility index (Phi) is 7.35. The summed E-state index contributed by atoms with van der Waals surface area (Å²) in [7, 11) is -3.67. The van der Waals surface area contributed by atoms with Gasteiger partial charge in [-0.1, -0.05) is 12.1 Å². The summed E-state index contributed by atoms with van der Waals surface area (Å²) in [5.41, 5.74) is 1.20. The van der Waals surface area contributed by atoms with Crippen molar-refractivity contribution in [3.63, 3.8) is 0 Å². The Hall–Kier alpha value is -2.14. The zero-order valence-corrected chi connectivity index (χ0v) is 19.6. The number of carbonyl (C=O) groups excluding carboxylic acids is 2. The van der Waals surface area contributed by atoms with E-state index in [2.05, 4.69) is 27.9 Å². The van der Waals surface area contributed by atoms with Crippen LogP contribution in [0.2, 0.25) is 0 Å². The van der Waals surface area contributed by atoms with E-state index in [4.69, 9.17) is 0 Å². The molecular formula is C21H24IN3O4S. The number of anilines is 2. The van der Waals surface area contributed by atoms with Crippen molar-refractivity contribution >= 4 is 55.8 Å². The summed E-state index contributed by atoms with van der Waals surface area (Å²) in [5, 5.41) is 2.72. The predicted octanol–water partition coefficient (Wildman–Crippen LogP) is 3.32. The van der Waals surface area contributed by atoms with Gasteiger partial charge in [-0.05, 0) is 78.3 Å². The maximum atomic E-state index is 12.9. The summed E-state index contributed by atoms with van der Waals surface area (Å²) in [6.45, 7) is 1.03. The number of amides is 2. The smallest absolute Gasteiger partial charge is 0.255 e. The number of nitrogens with one attached hydrogen (secondary N) is 1. The Morgan fingerprint density at radius 1 is 1.03 bits per heavy atom. The van der Waals surface area contributed by atoms with E-state index in [1.165, 1.54) is 0 Å². The third-order valence-electron chi connectivity index (χ3n) is 4.88. The standard InChI is InChI=1S/C21H24IN3O4S/c1-30(28,29)25(17-11-9-16(22)10-12-17)15-20(26)23-19-8-4-3-7-18(19)21(27)24-13-5-2-6-14-24/h3-4,7-12H,2,5-6,13-15H2,1H3,(H,23,26). The van der Waals surface area contributed by atoms with Gasteiger partial charge >= 0.3 is 0 Å². The number of likely N-dealkylation sites (tertiary alicyclic amines) is 1. The summed E-state index contributed by atoms with van der Waals surface area (Å²) in [5.74, 6) is -0.638. The van der Waals surface area contributed by atoms with Gasteiger partial charge < -0.3 is 10.2 Å². The highest BCUT2D eigenvalue weighted by Gasteiger charge is 2.24.